The van der Waals surface area contributed by atoms with E-state index < -0.39 is 10.1 Å². The molecule has 1 saturated heterocycles. The van der Waals surface area contributed by atoms with Gasteiger partial charge < -0.3 is 28.3 Å². The minimum absolute atomic E-state index is 0.0200. The zero-order chi connectivity index (χ0) is 26.4. The van der Waals surface area contributed by atoms with Crippen molar-refractivity contribution < 1.29 is 36.1 Å². The lowest BCUT2D eigenvalue weighted by molar-refractivity contribution is -0.114. The van der Waals surface area contributed by atoms with Crippen LogP contribution in [0, 0.1) is 0 Å². The molecule has 1 N–H and O–H groups in total. The molecule has 0 spiro atoms. The third kappa shape index (κ3) is 6.69. The van der Waals surface area contributed by atoms with Gasteiger partial charge in [0.25, 0.3) is 5.91 Å². The van der Waals surface area contributed by atoms with Crippen LogP contribution in [0.3, 0.4) is 0 Å². The number of rotatable bonds is 10. The van der Waals surface area contributed by atoms with E-state index in [2.05, 4.69) is 5.32 Å². The molecule has 1 fully saturated rings. The van der Waals surface area contributed by atoms with Gasteiger partial charge in [0.05, 0.1) is 19.5 Å². The van der Waals surface area contributed by atoms with Crippen molar-refractivity contribution in [1.82, 2.24) is 4.90 Å². The number of carbonyl (C=O) groups is 2. The molecule has 0 aliphatic carbocycles. The zero-order valence-corrected chi connectivity index (χ0v) is 21.3. The number of anilines is 1. The number of nitrogens with one attached hydrogen (secondary N) is 1. The highest BCUT2D eigenvalue weighted by atomic mass is 32.2. The van der Waals surface area contributed by atoms with E-state index >= 15 is 0 Å². The van der Waals surface area contributed by atoms with E-state index in [0.717, 1.165) is 12.8 Å². The summed E-state index contributed by atoms with van der Waals surface area (Å²) in [6.45, 7) is 2.54. The minimum atomic E-state index is -4.22. The van der Waals surface area contributed by atoms with Crippen LogP contribution in [0.15, 0.2) is 70.2 Å². The predicted molar refractivity (Wildman–Crippen MR) is 134 cm³/mol. The van der Waals surface area contributed by atoms with Gasteiger partial charge in [0.1, 0.15) is 4.90 Å². The number of furan rings is 1. The van der Waals surface area contributed by atoms with Gasteiger partial charge in [-0.05, 0) is 66.9 Å². The van der Waals surface area contributed by atoms with E-state index in [1.165, 1.54) is 50.6 Å². The molecular formula is C26H28N2O8S. The van der Waals surface area contributed by atoms with Crippen molar-refractivity contribution in [1.29, 1.82) is 0 Å². The minimum Gasteiger partial charge on any atom is -0.493 e. The fourth-order valence-electron chi connectivity index (χ4n) is 3.99. The quantitative estimate of drug-likeness (QED) is 0.394. The Hall–Kier alpha value is -3.83. The molecule has 2 aromatic carbocycles. The Morgan fingerprint density at radius 3 is 2.51 bits per heavy atom. The van der Waals surface area contributed by atoms with Crippen molar-refractivity contribution in [2.24, 2.45) is 0 Å². The standard InChI is InChI=1S/C26H28N2O8S/c1-18(29)27-20-8-10-22(11-9-20)37(31,32)36-25-15-19(7-12-23(25)33-2)16-28(17-21-5-3-13-34-21)26(30)24-6-4-14-35-24/h4,6-12,14-15,21H,3,5,13,16-17H2,1-2H3,(H,27,29). The Labute approximate surface area is 215 Å². The maximum absolute atomic E-state index is 13.1. The lowest BCUT2D eigenvalue weighted by Crippen LogP contribution is -2.36. The largest absolute Gasteiger partial charge is 0.493 e. The fourth-order valence-corrected chi connectivity index (χ4v) is 4.92. The number of methoxy groups -OCH3 is 1. The normalized spacial score (nSPS) is 15.2. The van der Waals surface area contributed by atoms with Gasteiger partial charge in [-0.3, -0.25) is 9.59 Å². The van der Waals surface area contributed by atoms with Gasteiger partial charge in [-0.15, -0.1) is 0 Å². The van der Waals surface area contributed by atoms with Gasteiger partial charge in [-0.1, -0.05) is 6.07 Å². The first-order valence-corrected chi connectivity index (χ1v) is 13.1. The Kier molecular flexibility index (Phi) is 8.14. The van der Waals surface area contributed by atoms with Crippen molar-refractivity contribution in [2.45, 2.75) is 37.3 Å². The molecule has 0 bridgehead atoms. The summed E-state index contributed by atoms with van der Waals surface area (Å²) in [5.41, 5.74) is 1.09. The summed E-state index contributed by atoms with van der Waals surface area (Å²) in [5.74, 6) is -0.176. The Bertz CT molecular complexity index is 1330. The second-order valence-corrected chi connectivity index (χ2v) is 10.1. The maximum atomic E-state index is 13.1. The number of carbonyl (C=O) groups excluding carboxylic acids is 2. The van der Waals surface area contributed by atoms with Crippen molar-refractivity contribution in [2.75, 3.05) is 25.6 Å². The smallest absolute Gasteiger partial charge is 0.339 e. The van der Waals surface area contributed by atoms with Crippen LogP contribution >= 0.6 is 0 Å². The molecule has 37 heavy (non-hydrogen) atoms. The van der Waals surface area contributed by atoms with Crippen molar-refractivity contribution in [3.05, 3.63) is 72.2 Å². The summed E-state index contributed by atoms with van der Waals surface area (Å²) >= 11 is 0. The molecule has 0 radical (unpaired) electrons. The molecular weight excluding hydrogens is 500 g/mol. The summed E-state index contributed by atoms with van der Waals surface area (Å²) < 4.78 is 47.7. The first kappa shape index (κ1) is 26.2. The average Bonchev–Trinajstić information content (AvgIpc) is 3.58. The van der Waals surface area contributed by atoms with Crippen LogP contribution in [0.5, 0.6) is 11.5 Å². The molecule has 2 heterocycles. The molecule has 2 amide bonds. The predicted octanol–water partition coefficient (Wildman–Crippen LogP) is 3.84. The Morgan fingerprint density at radius 2 is 1.89 bits per heavy atom. The highest BCUT2D eigenvalue weighted by molar-refractivity contribution is 7.87. The zero-order valence-electron chi connectivity index (χ0n) is 20.5. The monoisotopic (exact) mass is 528 g/mol. The number of amides is 2. The molecule has 1 unspecified atom stereocenters. The van der Waals surface area contributed by atoms with Crippen LogP contribution in [0.2, 0.25) is 0 Å². The lowest BCUT2D eigenvalue weighted by Gasteiger charge is -2.25. The number of ether oxygens (including phenoxy) is 2. The number of hydrogen-bond acceptors (Lipinski definition) is 8. The molecule has 1 aliphatic rings. The van der Waals surface area contributed by atoms with E-state index in [0.29, 0.717) is 24.4 Å². The van der Waals surface area contributed by atoms with E-state index in [1.807, 2.05) is 0 Å². The molecule has 1 aromatic heterocycles. The molecule has 1 atom stereocenters. The van der Waals surface area contributed by atoms with E-state index in [1.54, 1.807) is 29.2 Å². The van der Waals surface area contributed by atoms with Crippen LogP contribution in [0.1, 0.15) is 35.9 Å². The van der Waals surface area contributed by atoms with Crippen LogP contribution in [0.4, 0.5) is 5.69 Å². The summed E-state index contributed by atoms with van der Waals surface area (Å²) in [4.78, 5) is 25.8. The molecule has 10 nitrogen and oxygen atoms in total. The SMILES string of the molecule is COc1ccc(CN(CC2CCCO2)C(=O)c2ccco2)cc1OS(=O)(=O)c1ccc(NC(C)=O)cc1. The van der Waals surface area contributed by atoms with Crippen LogP contribution in [0.25, 0.3) is 0 Å². The highest BCUT2D eigenvalue weighted by Gasteiger charge is 2.26. The third-order valence-electron chi connectivity index (χ3n) is 5.73. The van der Waals surface area contributed by atoms with Crippen molar-refractivity contribution in [3.8, 4) is 11.5 Å². The van der Waals surface area contributed by atoms with Gasteiger partial charge in [0.2, 0.25) is 5.91 Å². The van der Waals surface area contributed by atoms with Gasteiger partial charge >= 0.3 is 10.1 Å². The summed E-state index contributed by atoms with van der Waals surface area (Å²) in [6, 6.07) is 13.7. The average molecular weight is 529 g/mol. The third-order valence-corrected chi connectivity index (χ3v) is 6.98. The lowest BCUT2D eigenvalue weighted by atomic mass is 10.1. The molecule has 11 heteroatoms. The molecule has 0 saturated carbocycles. The molecule has 196 valence electrons. The molecule has 1 aliphatic heterocycles. The maximum Gasteiger partial charge on any atom is 0.339 e. The van der Waals surface area contributed by atoms with E-state index in [4.69, 9.17) is 18.1 Å². The van der Waals surface area contributed by atoms with Crippen LogP contribution in [-0.4, -0.2) is 51.5 Å². The van der Waals surface area contributed by atoms with E-state index in [-0.39, 0.29) is 46.6 Å². The van der Waals surface area contributed by atoms with E-state index in [9.17, 15) is 18.0 Å². The number of hydrogen-bond donors (Lipinski definition) is 1. The van der Waals surface area contributed by atoms with Gasteiger partial charge in [0, 0.05) is 32.3 Å². The van der Waals surface area contributed by atoms with Crippen molar-refractivity contribution >= 4 is 27.6 Å². The fraction of sp³-hybridized carbons (Fsp3) is 0.308. The van der Waals surface area contributed by atoms with Crippen LogP contribution < -0.4 is 14.2 Å². The van der Waals surface area contributed by atoms with Gasteiger partial charge in [0.15, 0.2) is 17.3 Å². The second kappa shape index (κ2) is 11.5. The van der Waals surface area contributed by atoms with Gasteiger partial charge in [-0.25, -0.2) is 0 Å². The first-order chi connectivity index (χ1) is 17.7. The Balaban J connectivity index is 1.56. The summed E-state index contributed by atoms with van der Waals surface area (Å²) in [5, 5.41) is 2.58. The summed E-state index contributed by atoms with van der Waals surface area (Å²) in [7, 11) is -2.81. The van der Waals surface area contributed by atoms with Crippen LogP contribution in [-0.2, 0) is 26.2 Å². The van der Waals surface area contributed by atoms with Crippen molar-refractivity contribution in [3.63, 3.8) is 0 Å². The highest BCUT2D eigenvalue weighted by Crippen LogP contribution is 2.32. The topological polar surface area (TPSA) is 124 Å². The molecule has 4 rings (SSSR count). The second-order valence-electron chi connectivity index (χ2n) is 8.53. The number of benzene rings is 2. The molecule has 3 aromatic rings. The summed E-state index contributed by atoms with van der Waals surface area (Å²) in [6.07, 6.45) is 3.12. The number of nitrogens with zero attached hydrogens (tertiary/aromatic N) is 1. The Morgan fingerprint density at radius 1 is 1.11 bits per heavy atom. The first-order valence-electron chi connectivity index (χ1n) is 11.7. The van der Waals surface area contributed by atoms with Gasteiger partial charge in [-0.2, -0.15) is 8.42 Å².